The Bertz CT molecular complexity index is 737. The summed E-state index contributed by atoms with van der Waals surface area (Å²) < 4.78 is 5.25. The van der Waals surface area contributed by atoms with Gasteiger partial charge in [-0.05, 0) is 25.0 Å². The molecule has 0 bridgehead atoms. The summed E-state index contributed by atoms with van der Waals surface area (Å²) in [4.78, 5) is 25.0. The Balaban J connectivity index is 2.22. The summed E-state index contributed by atoms with van der Waals surface area (Å²) in [6.45, 7) is 3.88. The van der Waals surface area contributed by atoms with Crippen molar-refractivity contribution in [1.82, 2.24) is 0 Å². The van der Waals surface area contributed by atoms with Gasteiger partial charge in [0.2, 0.25) is 5.91 Å². The number of aryl methyl sites for hydroxylation is 1. The van der Waals surface area contributed by atoms with Crippen LogP contribution in [0.5, 0.6) is 5.75 Å². The highest BCUT2D eigenvalue weighted by Crippen LogP contribution is 2.33. The lowest BCUT2D eigenvalue weighted by molar-refractivity contribution is -0.115. The Morgan fingerprint density at radius 2 is 2.00 bits per heavy atom. The van der Waals surface area contributed by atoms with Gasteiger partial charge in [-0.3, -0.25) is 9.59 Å². The Kier molecular flexibility index (Phi) is 5.39. The van der Waals surface area contributed by atoms with Crippen molar-refractivity contribution in [1.29, 1.82) is 0 Å². The molecule has 3 N–H and O–H groups in total. The highest BCUT2D eigenvalue weighted by atomic mass is 32.1. The highest BCUT2D eigenvalue weighted by Gasteiger charge is 2.20. The summed E-state index contributed by atoms with van der Waals surface area (Å²) in [6.07, 6.45) is 0.865. The molecule has 0 atom stereocenters. The fourth-order valence-corrected chi connectivity index (χ4v) is 3.71. The molecule has 1 aromatic heterocycles. The Hall–Kier alpha value is -2.34. The Morgan fingerprint density at radius 1 is 1.30 bits per heavy atom. The molecule has 0 aliphatic rings. The van der Waals surface area contributed by atoms with Gasteiger partial charge >= 0.3 is 0 Å². The van der Waals surface area contributed by atoms with Crippen LogP contribution in [0.25, 0.3) is 0 Å². The SMILES string of the molecule is CCc1c(C)sc(NC(=O)Cc2ccccc2OC)c1C(N)=O. The maximum Gasteiger partial charge on any atom is 0.251 e. The molecule has 0 saturated carbocycles. The topological polar surface area (TPSA) is 81.4 Å². The Labute approximate surface area is 139 Å². The molecule has 1 heterocycles. The van der Waals surface area contributed by atoms with Gasteiger partial charge in [0.1, 0.15) is 10.8 Å². The zero-order valence-corrected chi connectivity index (χ0v) is 14.3. The largest absolute Gasteiger partial charge is 0.496 e. The van der Waals surface area contributed by atoms with Gasteiger partial charge in [0, 0.05) is 10.4 Å². The number of nitrogens with two attached hydrogens (primary N) is 1. The van der Waals surface area contributed by atoms with E-state index in [2.05, 4.69) is 5.32 Å². The second kappa shape index (κ2) is 7.28. The first-order valence-electron chi connectivity index (χ1n) is 7.31. The first kappa shape index (κ1) is 17.0. The van der Waals surface area contributed by atoms with Gasteiger partial charge in [-0.2, -0.15) is 0 Å². The van der Waals surface area contributed by atoms with Gasteiger partial charge in [0.15, 0.2) is 0 Å². The summed E-state index contributed by atoms with van der Waals surface area (Å²) in [6, 6.07) is 7.35. The first-order valence-corrected chi connectivity index (χ1v) is 8.13. The van der Waals surface area contributed by atoms with Crippen LogP contribution in [0.4, 0.5) is 5.00 Å². The third-order valence-electron chi connectivity index (χ3n) is 3.61. The average molecular weight is 332 g/mol. The van der Waals surface area contributed by atoms with E-state index in [1.54, 1.807) is 7.11 Å². The molecule has 6 heteroatoms. The minimum absolute atomic E-state index is 0.167. The second-order valence-electron chi connectivity index (χ2n) is 5.10. The number of nitrogens with one attached hydrogen (secondary N) is 1. The standard InChI is InChI=1S/C17H20N2O3S/c1-4-12-10(2)23-17(15(12)16(18)21)19-14(20)9-11-7-5-6-8-13(11)22-3/h5-8H,4,9H2,1-3H3,(H2,18,21)(H,19,20). The van der Waals surface area contributed by atoms with E-state index in [-0.39, 0.29) is 12.3 Å². The number of carbonyl (C=O) groups is 2. The van der Waals surface area contributed by atoms with Gasteiger partial charge in [-0.25, -0.2) is 0 Å². The van der Waals surface area contributed by atoms with Crippen LogP contribution in [0.15, 0.2) is 24.3 Å². The van der Waals surface area contributed by atoms with Crippen LogP contribution >= 0.6 is 11.3 Å². The normalized spacial score (nSPS) is 10.4. The molecule has 0 aliphatic carbocycles. The summed E-state index contributed by atoms with van der Waals surface area (Å²) in [5, 5.41) is 3.33. The summed E-state index contributed by atoms with van der Waals surface area (Å²) in [5.74, 6) is -0.0610. The quantitative estimate of drug-likeness (QED) is 0.853. The number of methoxy groups -OCH3 is 1. The van der Waals surface area contributed by atoms with Crippen molar-refractivity contribution in [3.05, 3.63) is 45.8 Å². The van der Waals surface area contributed by atoms with Crippen LogP contribution in [0, 0.1) is 6.92 Å². The van der Waals surface area contributed by atoms with Gasteiger partial charge < -0.3 is 15.8 Å². The molecular formula is C17H20N2O3S. The summed E-state index contributed by atoms with van der Waals surface area (Å²) in [7, 11) is 1.57. The predicted molar refractivity (Wildman–Crippen MR) is 92.3 cm³/mol. The predicted octanol–water partition coefficient (Wildman–Crippen LogP) is 2.91. The number of amides is 2. The van der Waals surface area contributed by atoms with Crippen molar-refractivity contribution in [3.8, 4) is 5.75 Å². The molecule has 0 fully saturated rings. The molecule has 2 amide bonds. The maximum absolute atomic E-state index is 12.3. The van der Waals surface area contributed by atoms with Crippen molar-refractivity contribution in [2.45, 2.75) is 26.7 Å². The van der Waals surface area contributed by atoms with Crippen molar-refractivity contribution >= 4 is 28.2 Å². The molecule has 5 nitrogen and oxygen atoms in total. The van der Waals surface area contributed by atoms with Crippen molar-refractivity contribution in [2.24, 2.45) is 5.73 Å². The molecule has 2 aromatic rings. The minimum Gasteiger partial charge on any atom is -0.496 e. The third-order valence-corrected chi connectivity index (χ3v) is 4.67. The first-order chi connectivity index (χ1) is 11.0. The van der Waals surface area contributed by atoms with E-state index >= 15 is 0 Å². The molecule has 0 saturated heterocycles. The lowest BCUT2D eigenvalue weighted by Gasteiger charge is -2.09. The zero-order chi connectivity index (χ0) is 17.0. The van der Waals surface area contributed by atoms with Gasteiger partial charge in [0.25, 0.3) is 5.91 Å². The van der Waals surface area contributed by atoms with E-state index in [4.69, 9.17) is 10.5 Å². The molecular weight excluding hydrogens is 312 g/mol. The van der Waals surface area contributed by atoms with Crippen LogP contribution in [0.2, 0.25) is 0 Å². The second-order valence-corrected chi connectivity index (χ2v) is 6.32. The van der Waals surface area contributed by atoms with E-state index in [1.807, 2.05) is 38.1 Å². The van der Waals surface area contributed by atoms with E-state index < -0.39 is 5.91 Å². The number of thiophene rings is 1. The van der Waals surface area contributed by atoms with Crippen LogP contribution in [0.1, 0.15) is 33.3 Å². The van der Waals surface area contributed by atoms with Crippen LogP contribution in [-0.2, 0) is 17.6 Å². The third kappa shape index (κ3) is 3.71. The van der Waals surface area contributed by atoms with Crippen LogP contribution < -0.4 is 15.8 Å². The van der Waals surface area contributed by atoms with E-state index in [0.717, 1.165) is 16.0 Å². The molecule has 0 spiro atoms. The molecule has 122 valence electrons. The van der Waals surface area contributed by atoms with E-state index in [9.17, 15) is 9.59 Å². The number of carbonyl (C=O) groups excluding carboxylic acids is 2. The van der Waals surface area contributed by atoms with E-state index in [0.29, 0.717) is 22.7 Å². The zero-order valence-electron chi connectivity index (χ0n) is 13.4. The van der Waals surface area contributed by atoms with Crippen LogP contribution in [0.3, 0.4) is 0 Å². The van der Waals surface area contributed by atoms with Gasteiger partial charge in [0.05, 0.1) is 19.1 Å². The summed E-state index contributed by atoms with van der Waals surface area (Å²) in [5.41, 5.74) is 7.58. The molecule has 0 radical (unpaired) electrons. The van der Waals surface area contributed by atoms with Gasteiger partial charge in [-0.15, -0.1) is 11.3 Å². The molecule has 2 rings (SSSR count). The molecule has 0 unspecified atom stereocenters. The molecule has 23 heavy (non-hydrogen) atoms. The molecule has 0 aliphatic heterocycles. The number of rotatable bonds is 6. The lowest BCUT2D eigenvalue weighted by atomic mass is 10.1. The highest BCUT2D eigenvalue weighted by molar-refractivity contribution is 7.16. The molecule has 1 aromatic carbocycles. The number of anilines is 1. The van der Waals surface area contributed by atoms with Gasteiger partial charge in [-0.1, -0.05) is 25.1 Å². The number of primary amides is 1. The Morgan fingerprint density at radius 3 is 2.61 bits per heavy atom. The summed E-state index contributed by atoms with van der Waals surface area (Å²) >= 11 is 1.38. The smallest absolute Gasteiger partial charge is 0.251 e. The number of hydrogen-bond donors (Lipinski definition) is 2. The lowest BCUT2D eigenvalue weighted by Crippen LogP contribution is -2.19. The van der Waals surface area contributed by atoms with E-state index in [1.165, 1.54) is 11.3 Å². The maximum atomic E-state index is 12.3. The van der Waals surface area contributed by atoms with Crippen molar-refractivity contribution < 1.29 is 14.3 Å². The monoisotopic (exact) mass is 332 g/mol. The number of para-hydroxylation sites is 1. The van der Waals surface area contributed by atoms with Crippen molar-refractivity contribution in [3.63, 3.8) is 0 Å². The average Bonchev–Trinajstić information content (AvgIpc) is 2.83. The fraction of sp³-hybridized carbons (Fsp3) is 0.294. The fourth-order valence-electron chi connectivity index (χ4n) is 2.55. The number of hydrogen-bond acceptors (Lipinski definition) is 4. The van der Waals surface area contributed by atoms with Crippen LogP contribution in [-0.4, -0.2) is 18.9 Å². The number of benzene rings is 1. The number of ether oxygens (including phenoxy) is 1. The minimum atomic E-state index is -0.515. The van der Waals surface area contributed by atoms with Crippen molar-refractivity contribution in [2.75, 3.05) is 12.4 Å².